The van der Waals surface area contributed by atoms with Gasteiger partial charge in [0.2, 0.25) is 0 Å². The van der Waals surface area contributed by atoms with Gasteiger partial charge in [0.25, 0.3) is 0 Å². The Kier molecular flexibility index (Phi) is 8.58. The van der Waals surface area contributed by atoms with Crippen molar-refractivity contribution in [1.29, 1.82) is 0 Å². The Morgan fingerprint density at radius 3 is 1.16 bits per heavy atom. The largest absolute Gasteiger partial charge is 0.478 e. The second kappa shape index (κ2) is 9.83. The molecule has 0 bridgehead atoms. The molecule has 0 amide bonds. The molecule has 2 aromatic heterocycles. The molecule has 0 aromatic carbocycles. The van der Waals surface area contributed by atoms with Crippen molar-refractivity contribution >= 4 is 23.9 Å². The van der Waals surface area contributed by atoms with Crippen LogP contribution in [0.25, 0.3) is 0 Å². The number of carboxylic acids is 4. The third-order valence-electron chi connectivity index (χ3n) is 2.48. The first-order valence-electron chi connectivity index (χ1n) is 6.09. The molecule has 0 saturated heterocycles. The first-order valence-corrected chi connectivity index (χ1v) is 6.09. The number of carbonyl (C=O) groups is 4. The van der Waals surface area contributed by atoms with E-state index in [4.69, 9.17) is 20.4 Å². The van der Waals surface area contributed by atoms with Crippen LogP contribution in [0.4, 0.5) is 0 Å². The fourth-order valence-electron chi connectivity index (χ4n) is 1.50. The van der Waals surface area contributed by atoms with E-state index in [1.807, 2.05) is 0 Å². The zero-order valence-corrected chi connectivity index (χ0v) is 15.5. The Morgan fingerprint density at radius 1 is 0.640 bits per heavy atom. The zero-order chi connectivity index (χ0) is 18.3. The second-order valence-corrected chi connectivity index (χ2v) is 4.02. The molecule has 0 saturated carbocycles. The van der Waals surface area contributed by atoms with Crippen LogP contribution in [0, 0.1) is 0 Å². The minimum Gasteiger partial charge on any atom is -0.478 e. The average Bonchev–Trinajstić information content (AvgIpc) is 2.55. The van der Waals surface area contributed by atoms with E-state index in [0.29, 0.717) is 0 Å². The minimum absolute atomic E-state index is 0. The van der Waals surface area contributed by atoms with E-state index in [9.17, 15) is 19.2 Å². The van der Waals surface area contributed by atoms with E-state index >= 15 is 0 Å². The Labute approximate surface area is 152 Å². The van der Waals surface area contributed by atoms with Crippen molar-refractivity contribution in [2.75, 3.05) is 0 Å². The molecule has 126 valence electrons. The summed E-state index contributed by atoms with van der Waals surface area (Å²) in [6, 6.07) is 5.13. The molecular formula is C14H10N2O8Zn. The SMILES string of the molecule is O=C(O)c1cccnc1C(=O)O.O=C(O)c1cccnc1C(=O)O.[Zn]. The van der Waals surface area contributed by atoms with Crippen LogP contribution in [0.15, 0.2) is 36.7 Å². The number of hydrogen-bond donors (Lipinski definition) is 4. The number of aromatic carboxylic acids is 4. The molecule has 2 rings (SSSR count). The van der Waals surface area contributed by atoms with Gasteiger partial charge in [0.1, 0.15) is 0 Å². The average molecular weight is 400 g/mol. The van der Waals surface area contributed by atoms with Gasteiger partial charge < -0.3 is 20.4 Å². The Morgan fingerprint density at radius 2 is 0.960 bits per heavy atom. The Hall–Kier alpha value is -3.20. The van der Waals surface area contributed by atoms with E-state index in [2.05, 4.69) is 9.97 Å². The Bertz CT molecular complexity index is 675. The molecular weight excluding hydrogens is 390 g/mol. The van der Waals surface area contributed by atoms with E-state index in [1.165, 1.54) is 36.7 Å². The van der Waals surface area contributed by atoms with Crippen LogP contribution in [0.3, 0.4) is 0 Å². The number of hydrogen-bond acceptors (Lipinski definition) is 6. The smallest absolute Gasteiger partial charge is 0.355 e. The van der Waals surface area contributed by atoms with Gasteiger partial charge in [-0.1, -0.05) is 0 Å². The molecule has 2 heterocycles. The van der Waals surface area contributed by atoms with Gasteiger partial charge >= 0.3 is 23.9 Å². The first kappa shape index (κ1) is 21.8. The van der Waals surface area contributed by atoms with Crippen molar-refractivity contribution in [2.24, 2.45) is 0 Å². The van der Waals surface area contributed by atoms with E-state index in [1.54, 1.807) is 0 Å². The maximum Gasteiger partial charge on any atom is 0.355 e. The van der Waals surface area contributed by atoms with Crippen LogP contribution in [-0.2, 0) is 19.5 Å². The van der Waals surface area contributed by atoms with Crippen molar-refractivity contribution in [3.05, 3.63) is 59.2 Å². The maximum atomic E-state index is 10.4. The van der Waals surface area contributed by atoms with Gasteiger partial charge in [0.15, 0.2) is 11.4 Å². The van der Waals surface area contributed by atoms with Crippen LogP contribution >= 0.6 is 0 Å². The van der Waals surface area contributed by atoms with Crippen LogP contribution < -0.4 is 0 Å². The topological polar surface area (TPSA) is 175 Å². The molecule has 11 heteroatoms. The maximum absolute atomic E-state index is 10.4. The summed E-state index contributed by atoms with van der Waals surface area (Å²) in [5, 5.41) is 34.0. The van der Waals surface area contributed by atoms with Gasteiger partial charge in [0, 0.05) is 31.9 Å². The van der Waals surface area contributed by atoms with Gasteiger partial charge in [-0.15, -0.1) is 0 Å². The summed E-state index contributed by atoms with van der Waals surface area (Å²) in [7, 11) is 0. The predicted molar refractivity (Wildman–Crippen MR) is 76.3 cm³/mol. The van der Waals surface area contributed by atoms with Gasteiger partial charge in [-0.2, -0.15) is 0 Å². The molecule has 0 fully saturated rings. The van der Waals surface area contributed by atoms with Crippen molar-refractivity contribution in [2.45, 2.75) is 0 Å². The van der Waals surface area contributed by atoms with Gasteiger partial charge in [-0.25, -0.2) is 29.1 Å². The van der Waals surface area contributed by atoms with E-state index in [-0.39, 0.29) is 30.6 Å². The fourth-order valence-corrected chi connectivity index (χ4v) is 1.50. The third-order valence-corrected chi connectivity index (χ3v) is 2.48. The molecule has 2 aromatic rings. The molecule has 0 spiro atoms. The number of carboxylic acid groups (broad SMARTS) is 4. The predicted octanol–water partition coefficient (Wildman–Crippen LogP) is 0.954. The van der Waals surface area contributed by atoms with E-state index < -0.39 is 35.3 Å². The molecule has 0 unspecified atom stereocenters. The molecule has 0 aliphatic rings. The molecule has 0 aliphatic carbocycles. The number of aromatic nitrogens is 2. The van der Waals surface area contributed by atoms with Crippen LogP contribution in [0.1, 0.15) is 41.7 Å². The molecule has 4 N–H and O–H groups in total. The van der Waals surface area contributed by atoms with Gasteiger partial charge in [-0.05, 0) is 24.3 Å². The monoisotopic (exact) mass is 398 g/mol. The normalized spacial score (nSPS) is 8.96. The van der Waals surface area contributed by atoms with Gasteiger partial charge in [0.05, 0.1) is 11.1 Å². The van der Waals surface area contributed by atoms with Crippen molar-refractivity contribution in [1.82, 2.24) is 9.97 Å². The fraction of sp³-hybridized carbons (Fsp3) is 0. The molecule has 0 aliphatic heterocycles. The number of nitrogens with zero attached hydrogens (tertiary/aromatic N) is 2. The standard InChI is InChI=1S/2C7H5NO4.Zn/c2*9-6(10)4-2-1-3-8-5(4)7(11)12;/h2*1-3H,(H,9,10)(H,11,12);. The Balaban J connectivity index is 0.000000443. The summed E-state index contributed by atoms with van der Waals surface area (Å²) < 4.78 is 0. The zero-order valence-electron chi connectivity index (χ0n) is 12.5. The van der Waals surface area contributed by atoms with Crippen molar-refractivity contribution in [3.8, 4) is 0 Å². The number of pyridine rings is 2. The summed E-state index contributed by atoms with van der Waals surface area (Å²) in [4.78, 5) is 48.5. The van der Waals surface area contributed by atoms with Crippen molar-refractivity contribution in [3.63, 3.8) is 0 Å². The summed E-state index contributed by atoms with van der Waals surface area (Å²) in [6.07, 6.45) is 2.46. The molecule has 25 heavy (non-hydrogen) atoms. The van der Waals surface area contributed by atoms with Crippen LogP contribution in [0.2, 0.25) is 0 Å². The van der Waals surface area contributed by atoms with E-state index in [0.717, 1.165) is 0 Å². The van der Waals surface area contributed by atoms with Crippen LogP contribution in [0.5, 0.6) is 0 Å². The summed E-state index contributed by atoms with van der Waals surface area (Å²) in [5.74, 6) is -5.26. The molecule has 0 atom stereocenters. The van der Waals surface area contributed by atoms with Crippen LogP contribution in [-0.4, -0.2) is 54.3 Å². The summed E-state index contributed by atoms with van der Waals surface area (Å²) >= 11 is 0. The first-order chi connectivity index (χ1) is 11.3. The molecule has 10 nitrogen and oxygen atoms in total. The van der Waals surface area contributed by atoms with Gasteiger partial charge in [-0.3, -0.25) is 0 Å². The third kappa shape index (κ3) is 6.07. The number of rotatable bonds is 4. The quantitative estimate of drug-likeness (QED) is 0.541. The second-order valence-electron chi connectivity index (χ2n) is 4.02. The van der Waals surface area contributed by atoms with Crippen molar-refractivity contribution < 1.29 is 59.1 Å². The summed E-state index contributed by atoms with van der Waals surface area (Å²) in [6.45, 7) is 0. The minimum atomic E-state index is -1.34. The molecule has 0 radical (unpaired) electrons. The summed E-state index contributed by atoms with van der Waals surface area (Å²) in [5.41, 5.74) is -1.48.